The third-order valence-electron chi connectivity index (χ3n) is 1.29. The first kappa shape index (κ1) is 9.63. The lowest BCUT2D eigenvalue weighted by atomic mass is 10.3. The van der Waals surface area contributed by atoms with Gasteiger partial charge in [0.25, 0.3) is 6.43 Å². The molecule has 0 aliphatic heterocycles. The van der Waals surface area contributed by atoms with Crippen LogP contribution in [0.5, 0.6) is 5.75 Å². The summed E-state index contributed by atoms with van der Waals surface area (Å²) >= 11 is 1.80. The molecule has 0 fully saturated rings. The summed E-state index contributed by atoms with van der Waals surface area (Å²) in [6.45, 7) is 0. The van der Waals surface area contributed by atoms with E-state index < -0.39 is 6.43 Å². The molecule has 0 saturated carbocycles. The first-order valence-corrected chi connectivity index (χ1v) is 4.20. The zero-order valence-electron chi connectivity index (χ0n) is 6.22. The first-order chi connectivity index (χ1) is 5.65. The molecule has 1 rings (SSSR count). The number of hydrogen-bond donors (Lipinski definition) is 0. The average molecular weight is 285 g/mol. The van der Waals surface area contributed by atoms with E-state index in [9.17, 15) is 8.78 Å². The van der Waals surface area contributed by atoms with E-state index in [1.165, 1.54) is 19.4 Å². The number of nitrogens with zero attached hydrogens (tertiary/aromatic N) is 1. The van der Waals surface area contributed by atoms with E-state index in [2.05, 4.69) is 4.98 Å². The molecule has 1 aromatic rings. The lowest BCUT2D eigenvalue weighted by molar-refractivity contribution is 0.145. The minimum absolute atomic E-state index is 0.198. The average Bonchev–Trinajstić information content (AvgIpc) is 2.03. The Hall–Kier alpha value is -0.460. The molecule has 0 unspecified atom stereocenters. The highest BCUT2D eigenvalue weighted by atomic mass is 127. The van der Waals surface area contributed by atoms with Crippen molar-refractivity contribution in [2.75, 3.05) is 7.11 Å². The van der Waals surface area contributed by atoms with Crippen LogP contribution in [0.4, 0.5) is 8.78 Å². The maximum Gasteiger partial charge on any atom is 0.281 e. The van der Waals surface area contributed by atoms with Crippen molar-refractivity contribution in [1.29, 1.82) is 0 Å². The fraction of sp³-hybridized carbons (Fsp3) is 0.286. The van der Waals surface area contributed by atoms with Gasteiger partial charge in [0.15, 0.2) is 0 Å². The quantitative estimate of drug-likeness (QED) is 0.779. The Bertz CT molecular complexity index is 280. The molecule has 0 saturated heterocycles. The normalized spacial score (nSPS) is 10.4. The minimum Gasteiger partial charge on any atom is -0.495 e. The highest BCUT2D eigenvalue weighted by Crippen LogP contribution is 2.24. The van der Waals surface area contributed by atoms with Crippen LogP contribution in [0.3, 0.4) is 0 Å². The summed E-state index contributed by atoms with van der Waals surface area (Å²) in [7, 11) is 1.47. The van der Waals surface area contributed by atoms with Crippen molar-refractivity contribution in [2.45, 2.75) is 6.43 Å². The molecule has 0 spiro atoms. The van der Waals surface area contributed by atoms with Crippen molar-refractivity contribution in [1.82, 2.24) is 4.98 Å². The van der Waals surface area contributed by atoms with Gasteiger partial charge in [-0.05, 0) is 28.7 Å². The Morgan fingerprint density at radius 1 is 1.58 bits per heavy atom. The van der Waals surface area contributed by atoms with Gasteiger partial charge in [0.05, 0.1) is 13.3 Å². The fourth-order valence-corrected chi connectivity index (χ4v) is 1.38. The Balaban J connectivity index is 3.03. The number of pyridine rings is 1. The summed E-state index contributed by atoms with van der Waals surface area (Å²) in [6, 6.07) is 1.52. The van der Waals surface area contributed by atoms with Gasteiger partial charge in [0.2, 0.25) is 0 Å². The van der Waals surface area contributed by atoms with Gasteiger partial charge in [-0.1, -0.05) is 0 Å². The van der Waals surface area contributed by atoms with Gasteiger partial charge in [-0.25, -0.2) is 8.78 Å². The second kappa shape index (κ2) is 3.97. The van der Waals surface area contributed by atoms with Crippen LogP contribution in [0.2, 0.25) is 0 Å². The first-order valence-electron chi connectivity index (χ1n) is 3.12. The van der Waals surface area contributed by atoms with Crippen molar-refractivity contribution in [3.63, 3.8) is 0 Å². The fourth-order valence-electron chi connectivity index (χ4n) is 0.703. The van der Waals surface area contributed by atoms with E-state index in [0.717, 1.165) is 0 Å². The van der Waals surface area contributed by atoms with E-state index in [4.69, 9.17) is 4.74 Å². The molecule has 1 heterocycles. The van der Waals surface area contributed by atoms with Crippen LogP contribution in [0, 0.1) is 3.57 Å². The molecule has 0 bridgehead atoms. The van der Waals surface area contributed by atoms with Gasteiger partial charge in [0, 0.05) is 3.57 Å². The molecular weight excluding hydrogens is 279 g/mol. The second-order valence-electron chi connectivity index (χ2n) is 2.04. The van der Waals surface area contributed by atoms with E-state index in [1.54, 1.807) is 22.6 Å². The zero-order chi connectivity index (χ0) is 9.14. The summed E-state index contributed by atoms with van der Waals surface area (Å²) in [5, 5.41) is 0. The van der Waals surface area contributed by atoms with Crippen LogP contribution in [0.15, 0.2) is 12.3 Å². The van der Waals surface area contributed by atoms with Gasteiger partial charge in [-0.15, -0.1) is 0 Å². The summed E-state index contributed by atoms with van der Waals surface area (Å²) in [4.78, 5) is 3.57. The number of halogens is 3. The number of aromatic nitrogens is 1. The van der Waals surface area contributed by atoms with Crippen LogP contribution in [0.25, 0.3) is 0 Å². The number of ether oxygens (including phenoxy) is 1. The molecule has 5 heteroatoms. The van der Waals surface area contributed by atoms with Gasteiger partial charge >= 0.3 is 0 Å². The number of hydrogen-bond acceptors (Lipinski definition) is 2. The molecule has 2 nitrogen and oxygen atoms in total. The molecule has 0 radical (unpaired) electrons. The molecule has 1 aromatic heterocycles. The standard InChI is InChI=1S/C7H6F2INO/c1-12-4-2-5(10)6(7(8)9)11-3-4/h2-3,7H,1H3. The SMILES string of the molecule is COc1cnc(C(F)F)c(I)c1. The monoisotopic (exact) mass is 285 g/mol. The van der Waals surface area contributed by atoms with Gasteiger partial charge in [-0.3, -0.25) is 4.98 Å². The Morgan fingerprint density at radius 3 is 2.67 bits per heavy atom. The van der Waals surface area contributed by atoms with Crippen molar-refractivity contribution < 1.29 is 13.5 Å². The van der Waals surface area contributed by atoms with Gasteiger partial charge in [0.1, 0.15) is 11.4 Å². The molecule has 0 aliphatic rings. The van der Waals surface area contributed by atoms with E-state index >= 15 is 0 Å². The second-order valence-corrected chi connectivity index (χ2v) is 3.21. The van der Waals surface area contributed by atoms with Crippen LogP contribution < -0.4 is 4.74 Å². The Morgan fingerprint density at radius 2 is 2.25 bits per heavy atom. The van der Waals surface area contributed by atoms with Crippen LogP contribution >= 0.6 is 22.6 Å². The molecule has 0 aliphatic carbocycles. The Kier molecular flexibility index (Phi) is 3.19. The summed E-state index contributed by atoms with van der Waals surface area (Å²) in [5.41, 5.74) is -0.198. The predicted molar refractivity (Wildman–Crippen MR) is 48.5 cm³/mol. The summed E-state index contributed by atoms with van der Waals surface area (Å²) < 4.78 is 29.5. The van der Waals surface area contributed by atoms with Crippen molar-refractivity contribution in [2.24, 2.45) is 0 Å². The third-order valence-corrected chi connectivity index (χ3v) is 2.15. The largest absolute Gasteiger partial charge is 0.495 e. The van der Waals surface area contributed by atoms with Crippen molar-refractivity contribution in [3.05, 3.63) is 21.5 Å². The van der Waals surface area contributed by atoms with E-state index in [-0.39, 0.29) is 5.69 Å². The molecule has 66 valence electrons. The van der Waals surface area contributed by atoms with Gasteiger partial charge < -0.3 is 4.74 Å². The molecule has 0 amide bonds. The topological polar surface area (TPSA) is 22.1 Å². The highest BCUT2D eigenvalue weighted by Gasteiger charge is 2.13. The number of rotatable bonds is 2. The van der Waals surface area contributed by atoms with Gasteiger partial charge in [-0.2, -0.15) is 0 Å². The van der Waals surface area contributed by atoms with Crippen LogP contribution in [0.1, 0.15) is 12.1 Å². The molecule has 0 atom stereocenters. The predicted octanol–water partition coefficient (Wildman–Crippen LogP) is 2.63. The lowest BCUT2D eigenvalue weighted by Gasteiger charge is -2.03. The Labute approximate surface area is 82.1 Å². The maximum absolute atomic E-state index is 12.2. The summed E-state index contributed by atoms with van der Waals surface area (Å²) in [6.07, 6.45) is -1.24. The zero-order valence-corrected chi connectivity index (χ0v) is 8.38. The van der Waals surface area contributed by atoms with Crippen molar-refractivity contribution in [3.8, 4) is 5.75 Å². The van der Waals surface area contributed by atoms with Crippen molar-refractivity contribution >= 4 is 22.6 Å². The van der Waals surface area contributed by atoms with Crippen LogP contribution in [-0.4, -0.2) is 12.1 Å². The highest BCUT2D eigenvalue weighted by molar-refractivity contribution is 14.1. The number of methoxy groups -OCH3 is 1. The minimum atomic E-state index is -2.53. The molecule has 12 heavy (non-hydrogen) atoms. The lowest BCUT2D eigenvalue weighted by Crippen LogP contribution is -1.95. The molecular formula is C7H6F2INO. The molecule has 0 aromatic carbocycles. The van der Waals surface area contributed by atoms with E-state index in [1.807, 2.05) is 0 Å². The smallest absolute Gasteiger partial charge is 0.281 e. The summed E-state index contributed by atoms with van der Waals surface area (Å²) in [5.74, 6) is 0.490. The van der Waals surface area contributed by atoms with E-state index in [0.29, 0.717) is 9.32 Å². The number of alkyl halides is 2. The third kappa shape index (κ3) is 2.02. The van der Waals surface area contributed by atoms with Crippen LogP contribution in [-0.2, 0) is 0 Å². The maximum atomic E-state index is 12.2. The molecule has 0 N–H and O–H groups in total.